The van der Waals surface area contributed by atoms with Gasteiger partial charge in [0.1, 0.15) is 5.69 Å². The number of aromatic nitrogens is 1. The molecule has 82 valence electrons. The molecule has 0 saturated heterocycles. The molecule has 0 radical (unpaired) electrons. The van der Waals surface area contributed by atoms with Gasteiger partial charge >= 0.3 is 0 Å². The Kier molecular flexibility index (Phi) is 2.68. The van der Waals surface area contributed by atoms with Gasteiger partial charge in [0, 0.05) is 11.8 Å². The molecule has 3 nitrogen and oxygen atoms in total. The van der Waals surface area contributed by atoms with Crippen molar-refractivity contribution in [2.45, 2.75) is 31.2 Å². The molecule has 1 aliphatic carbocycles. The number of hydrogen-bond acceptors (Lipinski definition) is 3. The summed E-state index contributed by atoms with van der Waals surface area (Å²) in [6, 6.07) is -1.04. The molecule has 0 aliphatic heterocycles. The van der Waals surface area contributed by atoms with E-state index in [1.54, 1.807) is 5.38 Å². The summed E-state index contributed by atoms with van der Waals surface area (Å²) in [6.45, 7) is 0. The van der Waals surface area contributed by atoms with Crippen LogP contribution in [0.4, 0.5) is 8.78 Å². The largest absolute Gasteiger partial charge is 0.342 e. The third-order valence-corrected chi connectivity index (χ3v) is 3.07. The molecule has 1 heterocycles. The Morgan fingerprint density at radius 3 is 3.00 bits per heavy atom. The highest BCUT2D eigenvalue weighted by Crippen LogP contribution is 2.35. The number of nitrogens with zero attached hydrogens (tertiary/aromatic N) is 1. The maximum Gasteiger partial charge on any atom is 0.271 e. The third-order valence-electron chi connectivity index (χ3n) is 2.48. The van der Waals surface area contributed by atoms with Crippen LogP contribution >= 0.6 is 11.3 Å². The van der Waals surface area contributed by atoms with Crippen LogP contribution in [0.15, 0.2) is 10.9 Å². The van der Waals surface area contributed by atoms with Gasteiger partial charge in [0.2, 0.25) is 0 Å². The van der Waals surface area contributed by atoms with Crippen molar-refractivity contribution in [1.82, 2.24) is 10.3 Å². The Balaban J connectivity index is 2.01. The van der Waals surface area contributed by atoms with Crippen LogP contribution in [0.1, 0.15) is 29.8 Å². The molecule has 1 fully saturated rings. The molecule has 6 heteroatoms. The van der Waals surface area contributed by atoms with Crippen molar-refractivity contribution in [2.75, 3.05) is 0 Å². The predicted molar refractivity (Wildman–Crippen MR) is 52.2 cm³/mol. The van der Waals surface area contributed by atoms with Gasteiger partial charge in [-0.15, -0.1) is 11.3 Å². The molecule has 1 amide bonds. The van der Waals surface area contributed by atoms with Crippen molar-refractivity contribution in [2.24, 2.45) is 0 Å². The van der Waals surface area contributed by atoms with Gasteiger partial charge in [-0.2, -0.15) is 0 Å². The van der Waals surface area contributed by atoms with E-state index in [0.717, 1.165) is 0 Å². The molecular formula is C9H10F2N2OS. The summed E-state index contributed by atoms with van der Waals surface area (Å²) >= 11 is 1.27. The number of hydrogen-bond donors (Lipinski definition) is 1. The molecule has 1 aromatic heterocycles. The van der Waals surface area contributed by atoms with Crippen molar-refractivity contribution in [3.8, 4) is 0 Å². The predicted octanol–water partition coefficient (Wildman–Crippen LogP) is 2.06. The average molecular weight is 232 g/mol. The highest BCUT2D eigenvalue weighted by atomic mass is 32.1. The lowest BCUT2D eigenvalue weighted by Gasteiger charge is -2.19. The Labute approximate surface area is 89.5 Å². The first kappa shape index (κ1) is 10.5. The molecule has 1 unspecified atom stereocenters. The van der Waals surface area contributed by atoms with E-state index in [-0.39, 0.29) is 12.1 Å². The summed E-state index contributed by atoms with van der Waals surface area (Å²) in [5, 5.41) is 3.87. The highest BCUT2D eigenvalue weighted by Gasteiger charge is 2.44. The summed E-state index contributed by atoms with van der Waals surface area (Å²) in [4.78, 5) is 15.2. The van der Waals surface area contributed by atoms with Gasteiger partial charge in [0.15, 0.2) is 0 Å². The van der Waals surface area contributed by atoms with Crippen molar-refractivity contribution >= 4 is 17.2 Å². The van der Waals surface area contributed by atoms with E-state index in [9.17, 15) is 13.6 Å². The van der Waals surface area contributed by atoms with Gasteiger partial charge in [-0.3, -0.25) is 4.79 Å². The van der Waals surface area contributed by atoms with E-state index in [4.69, 9.17) is 0 Å². The SMILES string of the molecule is O=C(NC1CCCC1(F)F)c1cscn1. The lowest BCUT2D eigenvalue weighted by Crippen LogP contribution is -2.43. The Hall–Kier alpha value is -1.04. The first-order chi connectivity index (χ1) is 7.09. The summed E-state index contributed by atoms with van der Waals surface area (Å²) in [6.07, 6.45) is 0.646. The molecule has 0 bridgehead atoms. The standard InChI is InChI=1S/C9H10F2N2OS/c10-9(11)3-1-2-7(9)13-8(14)6-4-15-5-12-6/h4-5,7H,1-3H2,(H,13,14). The number of nitrogens with one attached hydrogen (secondary N) is 1. The molecule has 1 aliphatic rings. The lowest BCUT2D eigenvalue weighted by molar-refractivity contribution is -0.0165. The van der Waals surface area contributed by atoms with E-state index in [2.05, 4.69) is 10.3 Å². The zero-order chi connectivity index (χ0) is 10.9. The van der Waals surface area contributed by atoms with Crippen LogP contribution in [-0.4, -0.2) is 22.9 Å². The zero-order valence-corrected chi connectivity index (χ0v) is 8.69. The van der Waals surface area contributed by atoms with Gasteiger partial charge < -0.3 is 5.32 Å². The molecule has 0 aromatic carbocycles. The first-order valence-corrected chi connectivity index (χ1v) is 5.61. The lowest BCUT2D eigenvalue weighted by atomic mass is 10.2. The fraction of sp³-hybridized carbons (Fsp3) is 0.556. The molecular weight excluding hydrogens is 222 g/mol. The van der Waals surface area contributed by atoms with Crippen LogP contribution in [0.5, 0.6) is 0 Å². The fourth-order valence-electron chi connectivity index (χ4n) is 1.66. The van der Waals surface area contributed by atoms with Crippen LogP contribution in [-0.2, 0) is 0 Å². The van der Waals surface area contributed by atoms with Crippen LogP contribution in [0, 0.1) is 0 Å². The van der Waals surface area contributed by atoms with Gasteiger partial charge in [-0.05, 0) is 12.8 Å². The Morgan fingerprint density at radius 2 is 2.47 bits per heavy atom. The number of thiazole rings is 1. The maximum absolute atomic E-state index is 13.2. The number of halogens is 2. The molecule has 0 spiro atoms. The van der Waals surface area contributed by atoms with E-state index in [1.165, 1.54) is 16.8 Å². The number of carbonyl (C=O) groups excluding carboxylic acids is 1. The Morgan fingerprint density at radius 1 is 1.67 bits per heavy atom. The zero-order valence-electron chi connectivity index (χ0n) is 7.87. The molecule has 1 aromatic rings. The minimum absolute atomic E-state index is 0.144. The van der Waals surface area contributed by atoms with Crippen molar-refractivity contribution in [1.29, 1.82) is 0 Å². The van der Waals surface area contributed by atoms with E-state index in [0.29, 0.717) is 12.8 Å². The monoisotopic (exact) mass is 232 g/mol. The summed E-state index contributed by atoms with van der Waals surface area (Å²) in [5.41, 5.74) is 1.71. The Bertz CT molecular complexity index is 353. The number of carbonyl (C=O) groups is 1. The second-order valence-electron chi connectivity index (χ2n) is 3.55. The minimum atomic E-state index is -2.77. The first-order valence-electron chi connectivity index (χ1n) is 4.66. The summed E-state index contributed by atoms with van der Waals surface area (Å²) in [5.74, 6) is -3.28. The van der Waals surface area contributed by atoms with E-state index < -0.39 is 17.9 Å². The number of rotatable bonds is 2. The van der Waals surface area contributed by atoms with Crippen molar-refractivity contribution in [3.05, 3.63) is 16.6 Å². The molecule has 1 saturated carbocycles. The molecule has 2 rings (SSSR count). The average Bonchev–Trinajstić information content (AvgIpc) is 2.76. The maximum atomic E-state index is 13.2. The van der Waals surface area contributed by atoms with Crippen LogP contribution in [0.25, 0.3) is 0 Å². The fourth-order valence-corrected chi connectivity index (χ4v) is 2.19. The highest BCUT2D eigenvalue weighted by molar-refractivity contribution is 7.07. The topological polar surface area (TPSA) is 42.0 Å². The minimum Gasteiger partial charge on any atom is -0.342 e. The van der Waals surface area contributed by atoms with Gasteiger partial charge in [-0.1, -0.05) is 0 Å². The van der Waals surface area contributed by atoms with Crippen molar-refractivity contribution < 1.29 is 13.6 Å². The smallest absolute Gasteiger partial charge is 0.271 e. The number of amides is 1. The summed E-state index contributed by atoms with van der Waals surface area (Å²) in [7, 11) is 0. The van der Waals surface area contributed by atoms with Crippen LogP contribution < -0.4 is 5.32 Å². The van der Waals surface area contributed by atoms with Gasteiger partial charge in [0.05, 0.1) is 11.6 Å². The molecule has 15 heavy (non-hydrogen) atoms. The van der Waals surface area contributed by atoms with Crippen LogP contribution in [0.3, 0.4) is 0 Å². The summed E-state index contributed by atoms with van der Waals surface area (Å²) < 4.78 is 26.4. The van der Waals surface area contributed by atoms with E-state index in [1.807, 2.05) is 0 Å². The molecule has 1 N–H and O–H groups in total. The second kappa shape index (κ2) is 3.84. The quantitative estimate of drug-likeness (QED) is 0.848. The van der Waals surface area contributed by atoms with Gasteiger partial charge in [-0.25, -0.2) is 13.8 Å². The normalized spacial score (nSPS) is 24.0. The second-order valence-corrected chi connectivity index (χ2v) is 4.27. The third kappa shape index (κ3) is 2.14. The van der Waals surface area contributed by atoms with Crippen LogP contribution in [0.2, 0.25) is 0 Å². The van der Waals surface area contributed by atoms with Crippen molar-refractivity contribution in [3.63, 3.8) is 0 Å². The number of alkyl halides is 2. The molecule has 1 atom stereocenters. The van der Waals surface area contributed by atoms with E-state index >= 15 is 0 Å². The van der Waals surface area contributed by atoms with Gasteiger partial charge in [0.25, 0.3) is 11.8 Å².